The van der Waals surface area contributed by atoms with Gasteiger partial charge in [-0.1, -0.05) is 29.8 Å². The van der Waals surface area contributed by atoms with Crippen molar-refractivity contribution in [1.29, 1.82) is 0 Å². The average molecular weight is 486 g/mol. The normalized spacial score (nSPS) is 16.5. The molecule has 1 aliphatic heterocycles. The highest BCUT2D eigenvalue weighted by atomic mass is 35.5. The fraction of sp³-hybridized carbons (Fsp3) is 0.333. The van der Waals surface area contributed by atoms with Gasteiger partial charge in [0, 0.05) is 18.2 Å². The molecule has 5 rings (SSSR count). The molecular formula is C24H26ClN4OS2+. The summed E-state index contributed by atoms with van der Waals surface area (Å²) in [7, 11) is 0. The topological polar surface area (TPSA) is 51.4 Å². The van der Waals surface area contributed by atoms with Gasteiger partial charge in [-0.2, -0.15) is 5.10 Å². The van der Waals surface area contributed by atoms with Crippen molar-refractivity contribution in [2.24, 2.45) is 0 Å². The van der Waals surface area contributed by atoms with Crippen LogP contribution in [-0.2, 0) is 0 Å². The number of quaternary nitrogens is 1. The number of nitrogens with zero attached hydrogens (tertiary/aromatic N) is 2. The molecule has 5 nitrogen and oxygen atoms in total. The highest BCUT2D eigenvalue weighted by molar-refractivity contribution is 7.20. The van der Waals surface area contributed by atoms with E-state index in [1.807, 2.05) is 41.9 Å². The third-order valence-electron chi connectivity index (χ3n) is 6.24. The molecule has 8 heteroatoms. The van der Waals surface area contributed by atoms with E-state index < -0.39 is 0 Å². The minimum absolute atomic E-state index is 0.0241. The van der Waals surface area contributed by atoms with Crippen LogP contribution in [0.15, 0.2) is 47.8 Å². The summed E-state index contributed by atoms with van der Waals surface area (Å²) in [5, 5.41) is 11.7. The number of aromatic nitrogens is 2. The van der Waals surface area contributed by atoms with E-state index in [4.69, 9.17) is 11.6 Å². The minimum atomic E-state index is -0.0241. The molecule has 1 saturated heterocycles. The third-order valence-corrected chi connectivity index (χ3v) is 8.63. The fourth-order valence-corrected chi connectivity index (χ4v) is 7.00. The van der Waals surface area contributed by atoms with Gasteiger partial charge in [0.25, 0.3) is 5.91 Å². The van der Waals surface area contributed by atoms with Crippen molar-refractivity contribution in [3.05, 3.63) is 68.3 Å². The van der Waals surface area contributed by atoms with Crippen molar-refractivity contribution in [2.75, 3.05) is 13.1 Å². The van der Waals surface area contributed by atoms with Gasteiger partial charge >= 0.3 is 0 Å². The lowest BCUT2D eigenvalue weighted by Crippen LogP contribution is -3.11. The smallest absolute Gasteiger partial charge is 0.261 e. The number of hydrogen-bond donors (Lipinski definition) is 2. The largest absolute Gasteiger partial charge is 0.342 e. The summed E-state index contributed by atoms with van der Waals surface area (Å²) < 4.78 is 1.85. The van der Waals surface area contributed by atoms with Gasteiger partial charge in [0.1, 0.15) is 10.9 Å². The second-order valence-corrected chi connectivity index (χ2v) is 10.8. The van der Waals surface area contributed by atoms with Crippen molar-refractivity contribution in [2.45, 2.75) is 38.8 Å². The lowest BCUT2D eigenvalue weighted by Gasteiger charge is -2.29. The summed E-state index contributed by atoms with van der Waals surface area (Å²) in [4.78, 5) is 17.8. The minimum Gasteiger partial charge on any atom is -0.342 e. The van der Waals surface area contributed by atoms with Crippen LogP contribution >= 0.6 is 34.3 Å². The number of benzene rings is 1. The summed E-state index contributed by atoms with van der Waals surface area (Å²) in [6, 6.07) is 14.2. The highest BCUT2D eigenvalue weighted by Gasteiger charge is 2.34. The Bertz CT molecular complexity index is 1240. The van der Waals surface area contributed by atoms with Gasteiger partial charge in [0.05, 0.1) is 45.3 Å². The average Bonchev–Trinajstić information content (AvgIpc) is 3.56. The Kier molecular flexibility index (Phi) is 6.07. The zero-order chi connectivity index (χ0) is 22.2. The zero-order valence-corrected chi connectivity index (χ0v) is 20.5. The molecule has 0 radical (unpaired) electrons. The van der Waals surface area contributed by atoms with Crippen LogP contribution in [0.3, 0.4) is 0 Å². The number of thiophene rings is 2. The first-order valence-corrected chi connectivity index (χ1v) is 13.0. The van der Waals surface area contributed by atoms with Gasteiger partial charge in [-0.15, -0.1) is 22.7 Å². The van der Waals surface area contributed by atoms with Gasteiger partial charge in [0.15, 0.2) is 0 Å². The SMILES string of the molecule is Cc1nn(-c2ccccc2Cl)c2sc(C(=O)N[C@@H](C)[C@@H](c3cccs3)[NH+]3CCCC3)cc12. The number of rotatable bonds is 6. The standard InChI is InChI=1S/C24H25ClN4OS2/c1-15-17-14-21(32-24(17)29(27-15)19-9-4-3-8-18(19)25)23(30)26-16(2)22(20-10-7-13-31-20)28-11-5-6-12-28/h3-4,7-10,13-14,16,22H,5-6,11-12H2,1-2H3,(H,26,30)/p+1/t16-,22-/m0/s1. The lowest BCUT2D eigenvalue weighted by atomic mass is 10.1. The molecule has 2 N–H and O–H groups in total. The van der Waals surface area contributed by atoms with Crippen molar-refractivity contribution in [1.82, 2.24) is 15.1 Å². The molecule has 0 saturated carbocycles. The van der Waals surface area contributed by atoms with Crippen molar-refractivity contribution in [3.63, 3.8) is 0 Å². The number of halogens is 1. The number of likely N-dealkylation sites (tertiary alicyclic amines) is 1. The highest BCUT2D eigenvalue weighted by Crippen LogP contribution is 2.32. The van der Waals surface area contributed by atoms with Crippen molar-refractivity contribution in [3.8, 4) is 5.69 Å². The molecule has 1 amide bonds. The maximum atomic E-state index is 13.3. The number of para-hydroxylation sites is 1. The Morgan fingerprint density at radius 3 is 2.72 bits per heavy atom. The number of carbonyl (C=O) groups is 1. The molecule has 1 fully saturated rings. The van der Waals surface area contributed by atoms with Crippen LogP contribution in [-0.4, -0.2) is 34.8 Å². The van der Waals surface area contributed by atoms with Gasteiger partial charge in [-0.05, 0) is 43.5 Å². The van der Waals surface area contributed by atoms with E-state index >= 15 is 0 Å². The summed E-state index contributed by atoms with van der Waals surface area (Å²) in [5.41, 5.74) is 1.71. The van der Waals surface area contributed by atoms with E-state index in [1.54, 1.807) is 16.2 Å². The molecule has 0 spiro atoms. The van der Waals surface area contributed by atoms with Crippen LogP contribution in [0.25, 0.3) is 15.9 Å². The van der Waals surface area contributed by atoms with E-state index in [0.29, 0.717) is 9.90 Å². The molecule has 0 bridgehead atoms. The Balaban J connectivity index is 1.42. The number of carbonyl (C=O) groups excluding carboxylic acids is 1. The van der Waals surface area contributed by atoms with Crippen molar-refractivity contribution < 1.29 is 9.69 Å². The summed E-state index contributed by atoms with van der Waals surface area (Å²) in [5.74, 6) is -0.0241. The first-order chi connectivity index (χ1) is 15.5. The fourth-order valence-electron chi connectivity index (χ4n) is 4.72. The van der Waals surface area contributed by atoms with Crippen LogP contribution in [0.5, 0.6) is 0 Å². The van der Waals surface area contributed by atoms with E-state index in [9.17, 15) is 4.79 Å². The number of fused-ring (bicyclic) bond motifs is 1. The molecule has 2 atom stereocenters. The van der Waals surface area contributed by atoms with Crippen LogP contribution in [0.2, 0.25) is 5.02 Å². The first-order valence-electron chi connectivity index (χ1n) is 11.0. The van der Waals surface area contributed by atoms with E-state index in [0.717, 1.165) is 21.6 Å². The number of aryl methyl sites for hydroxylation is 1. The molecule has 1 aromatic carbocycles. The molecule has 1 aliphatic rings. The van der Waals surface area contributed by atoms with Gasteiger partial charge in [-0.25, -0.2) is 4.68 Å². The predicted molar refractivity (Wildman–Crippen MR) is 133 cm³/mol. The quantitative estimate of drug-likeness (QED) is 0.417. The van der Waals surface area contributed by atoms with Crippen molar-refractivity contribution >= 4 is 50.4 Å². The molecular weight excluding hydrogens is 460 g/mol. The van der Waals surface area contributed by atoms with Gasteiger partial charge in [0.2, 0.25) is 0 Å². The van der Waals surface area contributed by atoms with Crippen LogP contribution in [0.4, 0.5) is 0 Å². The monoisotopic (exact) mass is 485 g/mol. The van der Waals surface area contributed by atoms with E-state index in [-0.39, 0.29) is 18.0 Å². The summed E-state index contributed by atoms with van der Waals surface area (Å²) in [6.07, 6.45) is 2.51. The Labute approximate surface area is 200 Å². The molecule has 4 heterocycles. The lowest BCUT2D eigenvalue weighted by molar-refractivity contribution is -0.920. The molecule has 3 aromatic heterocycles. The number of amides is 1. The van der Waals surface area contributed by atoms with Crippen LogP contribution in [0.1, 0.15) is 46.0 Å². The Morgan fingerprint density at radius 1 is 1.22 bits per heavy atom. The van der Waals surface area contributed by atoms with Gasteiger partial charge in [-0.3, -0.25) is 4.79 Å². The molecule has 4 aromatic rings. The molecule has 166 valence electrons. The number of hydrogen-bond acceptors (Lipinski definition) is 4. The summed E-state index contributed by atoms with van der Waals surface area (Å²) in [6.45, 7) is 6.44. The van der Waals surface area contributed by atoms with Crippen LogP contribution < -0.4 is 10.2 Å². The Hall–Kier alpha value is -2.19. The second-order valence-electron chi connectivity index (χ2n) is 8.40. The van der Waals surface area contributed by atoms with E-state index in [2.05, 4.69) is 34.9 Å². The molecule has 0 unspecified atom stereocenters. The summed E-state index contributed by atoms with van der Waals surface area (Å²) >= 11 is 9.66. The third kappa shape index (κ3) is 3.99. The molecule has 32 heavy (non-hydrogen) atoms. The zero-order valence-electron chi connectivity index (χ0n) is 18.1. The maximum Gasteiger partial charge on any atom is 0.261 e. The molecule has 0 aliphatic carbocycles. The Morgan fingerprint density at radius 2 is 2.00 bits per heavy atom. The van der Waals surface area contributed by atoms with Crippen LogP contribution in [0, 0.1) is 6.92 Å². The van der Waals surface area contributed by atoms with E-state index in [1.165, 1.54) is 42.1 Å². The van der Waals surface area contributed by atoms with Gasteiger partial charge < -0.3 is 10.2 Å². The maximum absolute atomic E-state index is 13.3. The number of nitrogens with one attached hydrogen (secondary N) is 2. The first kappa shape index (κ1) is 21.6. The second kappa shape index (κ2) is 8.98. The predicted octanol–water partition coefficient (Wildman–Crippen LogP) is 4.65.